The molecule has 3 N–H and O–H groups in total. The largest absolute Gasteiger partial charge is 0.383 e. The number of nitrogen functional groups attached to an aromatic ring is 1. The van der Waals surface area contributed by atoms with E-state index in [4.69, 9.17) is 5.73 Å². The average molecular weight is 248 g/mol. The number of nitrogens with zero attached hydrogens (tertiary/aromatic N) is 2. The maximum atomic E-state index is 5.94. The molecule has 0 unspecified atom stereocenters. The summed E-state index contributed by atoms with van der Waals surface area (Å²) in [7, 11) is 0. The third-order valence-electron chi connectivity index (χ3n) is 3.74. The fourth-order valence-electron chi connectivity index (χ4n) is 2.55. The van der Waals surface area contributed by atoms with Gasteiger partial charge in [0.1, 0.15) is 17.5 Å². The van der Waals surface area contributed by atoms with E-state index in [1.807, 2.05) is 6.92 Å². The Kier molecular flexibility index (Phi) is 4.39. The minimum Gasteiger partial charge on any atom is -0.383 e. The third kappa shape index (κ3) is 3.12. The van der Waals surface area contributed by atoms with Crippen LogP contribution in [0.2, 0.25) is 0 Å². The van der Waals surface area contributed by atoms with E-state index in [0.717, 1.165) is 42.5 Å². The predicted octanol–water partition coefficient (Wildman–Crippen LogP) is 2.92. The molecule has 0 aromatic carbocycles. The molecule has 0 amide bonds. The van der Waals surface area contributed by atoms with Crippen LogP contribution >= 0.6 is 0 Å². The van der Waals surface area contributed by atoms with Crippen molar-refractivity contribution in [1.82, 2.24) is 9.97 Å². The highest BCUT2D eigenvalue weighted by atomic mass is 15.1. The van der Waals surface area contributed by atoms with Crippen LogP contribution in [0.15, 0.2) is 0 Å². The van der Waals surface area contributed by atoms with Crippen LogP contribution in [0.1, 0.15) is 50.4 Å². The number of hydrogen-bond acceptors (Lipinski definition) is 4. The van der Waals surface area contributed by atoms with E-state index in [9.17, 15) is 0 Å². The van der Waals surface area contributed by atoms with E-state index in [-0.39, 0.29) is 0 Å². The molecule has 1 aliphatic carbocycles. The van der Waals surface area contributed by atoms with Crippen molar-refractivity contribution < 1.29 is 0 Å². The van der Waals surface area contributed by atoms with Crippen molar-refractivity contribution in [2.75, 3.05) is 17.6 Å². The minimum absolute atomic E-state index is 0.613. The number of anilines is 2. The Morgan fingerprint density at radius 3 is 2.67 bits per heavy atom. The van der Waals surface area contributed by atoms with Crippen molar-refractivity contribution in [3.8, 4) is 0 Å². The molecule has 1 aromatic rings. The van der Waals surface area contributed by atoms with Gasteiger partial charge in [-0.2, -0.15) is 0 Å². The molecule has 0 aliphatic heterocycles. The van der Waals surface area contributed by atoms with Gasteiger partial charge in [0, 0.05) is 18.5 Å². The first-order valence-electron chi connectivity index (χ1n) is 7.07. The second-order valence-corrected chi connectivity index (χ2v) is 5.28. The van der Waals surface area contributed by atoms with Gasteiger partial charge in [0.05, 0.1) is 0 Å². The summed E-state index contributed by atoms with van der Waals surface area (Å²) < 4.78 is 0. The lowest BCUT2D eigenvalue weighted by molar-refractivity contribution is 0.578. The molecule has 2 rings (SSSR count). The highest BCUT2D eigenvalue weighted by Crippen LogP contribution is 2.25. The SMILES string of the molecule is CCCc1nc(N)c(C)c(NCC2CCCC2)n1. The van der Waals surface area contributed by atoms with Gasteiger partial charge in [-0.15, -0.1) is 0 Å². The van der Waals surface area contributed by atoms with E-state index in [0.29, 0.717) is 5.82 Å². The summed E-state index contributed by atoms with van der Waals surface area (Å²) in [5.74, 6) is 3.20. The zero-order chi connectivity index (χ0) is 13.0. The minimum atomic E-state index is 0.613. The van der Waals surface area contributed by atoms with Crippen LogP contribution in [-0.4, -0.2) is 16.5 Å². The van der Waals surface area contributed by atoms with Crippen molar-refractivity contribution in [2.24, 2.45) is 5.92 Å². The number of aryl methyl sites for hydroxylation is 1. The van der Waals surface area contributed by atoms with Gasteiger partial charge in [0.25, 0.3) is 0 Å². The van der Waals surface area contributed by atoms with Gasteiger partial charge >= 0.3 is 0 Å². The van der Waals surface area contributed by atoms with Crippen LogP contribution in [0.3, 0.4) is 0 Å². The van der Waals surface area contributed by atoms with Crippen LogP contribution in [0.4, 0.5) is 11.6 Å². The molecule has 4 heteroatoms. The molecule has 1 aromatic heterocycles. The van der Waals surface area contributed by atoms with Crippen molar-refractivity contribution in [2.45, 2.75) is 52.4 Å². The second kappa shape index (κ2) is 6.03. The molecule has 4 nitrogen and oxygen atoms in total. The molecule has 1 saturated carbocycles. The Morgan fingerprint density at radius 2 is 2.00 bits per heavy atom. The van der Waals surface area contributed by atoms with E-state index in [1.165, 1.54) is 25.7 Å². The van der Waals surface area contributed by atoms with Gasteiger partial charge in [0.15, 0.2) is 0 Å². The molecular weight excluding hydrogens is 224 g/mol. The van der Waals surface area contributed by atoms with E-state index in [2.05, 4.69) is 22.2 Å². The normalized spacial score (nSPS) is 16.1. The van der Waals surface area contributed by atoms with Crippen LogP contribution in [0.5, 0.6) is 0 Å². The number of rotatable bonds is 5. The van der Waals surface area contributed by atoms with Crippen LogP contribution in [-0.2, 0) is 6.42 Å². The molecule has 100 valence electrons. The van der Waals surface area contributed by atoms with E-state index in [1.54, 1.807) is 0 Å². The summed E-state index contributed by atoms with van der Waals surface area (Å²) >= 11 is 0. The Hall–Kier alpha value is -1.32. The summed E-state index contributed by atoms with van der Waals surface area (Å²) in [6, 6.07) is 0. The Bertz CT molecular complexity index is 397. The first-order chi connectivity index (χ1) is 8.70. The lowest BCUT2D eigenvalue weighted by Crippen LogP contribution is -2.15. The monoisotopic (exact) mass is 248 g/mol. The Morgan fingerprint density at radius 1 is 1.28 bits per heavy atom. The number of nitrogens with two attached hydrogens (primary N) is 1. The highest BCUT2D eigenvalue weighted by molar-refractivity contribution is 5.54. The molecule has 1 heterocycles. The molecule has 0 spiro atoms. The van der Waals surface area contributed by atoms with Crippen LogP contribution < -0.4 is 11.1 Å². The summed E-state index contributed by atoms with van der Waals surface area (Å²) in [6.07, 6.45) is 7.37. The van der Waals surface area contributed by atoms with Crippen molar-refractivity contribution in [3.63, 3.8) is 0 Å². The quantitative estimate of drug-likeness (QED) is 0.841. The van der Waals surface area contributed by atoms with Gasteiger partial charge in [-0.1, -0.05) is 19.8 Å². The Balaban J connectivity index is 2.05. The van der Waals surface area contributed by atoms with Gasteiger partial charge in [-0.3, -0.25) is 0 Å². The molecular formula is C14H24N4. The molecule has 18 heavy (non-hydrogen) atoms. The number of hydrogen-bond donors (Lipinski definition) is 2. The standard InChI is InChI=1S/C14H24N4/c1-3-6-12-17-13(15)10(2)14(18-12)16-9-11-7-4-5-8-11/h11H,3-9H2,1-2H3,(H3,15,16,17,18). The molecule has 0 radical (unpaired) electrons. The summed E-state index contributed by atoms with van der Waals surface area (Å²) in [4.78, 5) is 8.91. The van der Waals surface area contributed by atoms with Gasteiger partial charge in [-0.25, -0.2) is 9.97 Å². The fourth-order valence-corrected chi connectivity index (χ4v) is 2.55. The van der Waals surface area contributed by atoms with Crippen LogP contribution in [0, 0.1) is 12.8 Å². The van der Waals surface area contributed by atoms with E-state index < -0.39 is 0 Å². The van der Waals surface area contributed by atoms with Gasteiger partial charge in [-0.05, 0) is 32.1 Å². The van der Waals surface area contributed by atoms with Crippen molar-refractivity contribution in [1.29, 1.82) is 0 Å². The average Bonchev–Trinajstić information content (AvgIpc) is 2.85. The molecule has 0 saturated heterocycles. The predicted molar refractivity (Wildman–Crippen MR) is 75.6 cm³/mol. The lowest BCUT2D eigenvalue weighted by atomic mass is 10.1. The lowest BCUT2D eigenvalue weighted by Gasteiger charge is -2.14. The first kappa shape index (κ1) is 13.1. The first-order valence-corrected chi connectivity index (χ1v) is 7.07. The summed E-state index contributed by atoms with van der Waals surface area (Å²) in [5, 5.41) is 3.46. The summed E-state index contributed by atoms with van der Waals surface area (Å²) in [5.41, 5.74) is 6.92. The number of aromatic nitrogens is 2. The third-order valence-corrected chi connectivity index (χ3v) is 3.74. The highest BCUT2D eigenvalue weighted by Gasteiger charge is 2.16. The van der Waals surface area contributed by atoms with Crippen molar-refractivity contribution >= 4 is 11.6 Å². The topological polar surface area (TPSA) is 63.8 Å². The maximum Gasteiger partial charge on any atom is 0.134 e. The zero-order valence-electron chi connectivity index (χ0n) is 11.5. The van der Waals surface area contributed by atoms with Crippen molar-refractivity contribution in [3.05, 3.63) is 11.4 Å². The van der Waals surface area contributed by atoms with Gasteiger partial charge < -0.3 is 11.1 Å². The summed E-state index contributed by atoms with van der Waals surface area (Å²) in [6.45, 7) is 5.13. The molecule has 0 atom stereocenters. The second-order valence-electron chi connectivity index (χ2n) is 5.28. The smallest absolute Gasteiger partial charge is 0.134 e. The van der Waals surface area contributed by atoms with Gasteiger partial charge in [0.2, 0.25) is 0 Å². The Labute approximate surface area is 109 Å². The molecule has 1 fully saturated rings. The molecule has 1 aliphatic rings. The van der Waals surface area contributed by atoms with E-state index >= 15 is 0 Å². The zero-order valence-corrected chi connectivity index (χ0v) is 11.5. The fraction of sp³-hybridized carbons (Fsp3) is 0.714. The van der Waals surface area contributed by atoms with Crippen LogP contribution in [0.25, 0.3) is 0 Å². The number of nitrogens with one attached hydrogen (secondary N) is 1. The molecule has 0 bridgehead atoms. The maximum absolute atomic E-state index is 5.94.